The molecule has 0 aliphatic carbocycles. The van der Waals surface area contributed by atoms with Gasteiger partial charge < -0.3 is 14.4 Å². The van der Waals surface area contributed by atoms with E-state index in [0.29, 0.717) is 23.5 Å². The number of hydrogen-bond donors (Lipinski definition) is 1. The summed E-state index contributed by atoms with van der Waals surface area (Å²) in [6.07, 6.45) is 0.508. The summed E-state index contributed by atoms with van der Waals surface area (Å²) >= 11 is 0. The lowest BCUT2D eigenvalue weighted by Gasteiger charge is -2.33. The Morgan fingerprint density at radius 3 is 2.84 bits per heavy atom. The molecule has 0 atom stereocenters. The fraction of sp³-hybridized carbons (Fsp3) is 0.286. The number of fused-ring (bicyclic) bond motifs is 2. The van der Waals surface area contributed by atoms with Gasteiger partial charge in [-0.15, -0.1) is 0 Å². The van der Waals surface area contributed by atoms with Crippen molar-refractivity contribution in [3.05, 3.63) is 40.2 Å². The van der Waals surface area contributed by atoms with Crippen molar-refractivity contribution in [2.24, 2.45) is 5.16 Å². The first kappa shape index (κ1) is 11.8. The Morgan fingerprint density at radius 2 is 2.11 bits per heavy atom. The monoisotopic (exact) mass is 259 g/mol. The first-order valence-corrected chi connectivity index (χ1v) is 5.97. The van der Waals surface area contributed by atoms with E-state index < -0.39 is 5.60 Å². The third kappa shape index (κ3) is 1.87. The second kappa shape index (κ2) is 3.85. The van der Waals surface area contributed by atoms with Gasteiger partial charge in [0.2, 0.25) is 0 Å². The van der Waals surface area contributed by atoms with Crippen molar-refractivity contribution in [1.82, 2.24) is 0 Å². The minimum absolute atomic E-state index is 0.389. The average molecular weight is 259 g/mol. The van der Waals surface area contributed by atoms with Gasteiger partial charge in [-0.2, -0.15) is 0 Å². The van der Waals surface area contributed by atoms with E-state index in [1.54, 1.807) is 12.1 Å². The van der Waals surface area contributed by atoms with Crippen LogP contribution in [-0.4, -0.2) is 16.5 Å². The van der Waals surface area contributed by atoms with Crippen LogP contribution in [0.5, 0.6) is 5.75 Å². The molecule has 19 heavy (non-hydrogen) atoms. The van der Waals surface area contributed by atoms with Crippen LogP contribution in [0.1, 0.15) is 19.4 Å². The highest BCUT2D eigenvalue weighted by molar-refractivity contribution is 5.96. The largest absolute Gasteiger partial charge is 0.481 e. The van der Waals surface area contributed by atoms with Crippen LogP contribution >= 0.6 is 0 Å². The van der Waals surface area contributed by atoms with Crippen LogP contribution < -0.4 is 10.4 Å². The highest BCUT2D eigenvalue weighted by Gasteiger charge is 2.34. The predicted molar refractivity (Wildman–Crippen MR) is 70.1 cm³/mol. The summed E-state index contributed by atoms with van der Waals surface area (Å²) in [6.45, 7) is 3.66. The molecule has 1 aliphatic rings. The Kier molecular flexibility index (Phi) is 2.38. The van der Waals surface area contributed by atoms with Crippen molar-refractivity contribution in [2.75, 3.05) is 0 Å². The molecule has 1 aromatic carbocycles. The molecule has 2 aromatic rings. The summed E-state index contributed by atoms with van der Waals surface area (Å²) in [7, 11) is 0. The summed E-state index contributed by atoms with van der Waals surface area (Å²) in [5, 5.41) is 13.2. The second-order valence-corrected chi connectivity index (χ2v) is 5.09. The number of rotatable bonds is 0. The summed E-state index contributed by atoms with van der Waals surface area (Å²) in [6, 6.07) is 6.68. The van der Waals surface area contributed by atoms with Crippen molar-refractivity contribution < 1.29 is 14.4 Å². The number of benzene rings is 1. The molecule has 1 aliphatic heterocycles. The van der Waals surface area contributed by atoms with Crippen molar-refractivity contribution in [1.29, 1.82) is 0 Å². The normalized spacial score (nSPS) is 19.2. The minimum atomic E-state index is -0.676. The van der Waals surface area contributed by atoms with Crippen molar-refractivity contribution >= 4 is 16.7 Å². The molecule has 0 bridgehead atoms. The molecule has 5 nitrogen and oxygen atoms in total. The van der Waals surface area contributed by atoms with Crippen LogP contribution in [0.3, 0.4) is 0 Å². The van der Waals surface area contributed by atoms with E-state index >= 15 is 0 Å². The molecule has 5 heteroatoms. The van der Waals surface area contributed by atoms with Gasteiger partial charge in [0.05, 0.1) is 0 Å². The molecule has 0 fully saturated rings. The van der Waals surface area contributed by atoms with Crippen LogP contribution in [0, 0.1) is 0 Å². The summed E-state index contributed by atoms with van der Waals surface area (Å²) in [5.74, 6) is 0.652. The Bertz CT molecular complexity index is 743. The molecular weight excluding hydrogens is 246 g/mol. The van der Waals surface area contributed by atoms with E-state index in [1.165, 1.54) is 6.07 Å². The van der Waals surface area contributed by atoms with E-state index in [-0.39, 0.29) is 5.63 Å². The second-order valence-electron chi connectivity index (χ2n) is 5.09. The lowest BCUT2D eigenvalue weighted by atomic mass is 9.91. The Hall–Kier alpha value is -2.30. The molecule has 0 spiro atoms. The summed E-state index contributed by atoms with van der Waals surface area (Å²) < 4.78 is 11.0. The SMILES string of the molecule is CC1(C)Oc2cc3oc(=O)ccc3cc2CC1=NO. The molecule has 0 saturated carbocycles. The third-order valence-electron chi connectivity index (χ3n) is 3.34. The van der Waals surface area contributed by atoms with Gasteiger partial charge in [-0.1, -0.05) is 5.16 Å². The maximum absolute atomic E-state index is 11.2. The summed E-state index contributed by atoms with van der Waals surface area (Å²) in [5.41, 5.74) is 0.904. The fourth-order valence-electron chi connectivity index (χ4n) is 2.26. The van der Waals surface area contributed by atoms with Gasteiger partial charge in [-0.05, 0) is 26.0 Å². The molecular formula is C14H13NO4. The van der Waals surface area contributed by atoms with Crippen molar-refractivity contribution in [2.45, 2.75) is 25.9 Å². The number of nitrogens with zero attached hydrogens (tertiary/aromatic N) is 1. The van der Waals surface area contributed by atoms with Gasteiger partial charge in [0.15, 0.2) is 0 Å². The Balaban J connectivity index is 2.21. The molecule has 0 saturated heterocycles. The Labute approximate surface area is 109 Å². The lowest BCUT2D eigenvalue weighted by Crippen LogP contribution is -2.42. The van der Waals surface area contributed by atoms with Crippen LogP contribution in [0.25, 0.3) is 11.0 Å². The fourth-order valence-corrected chi connectivity index (χ4v) is 2.26. The molecule has 0 radical (unpaired) electrons. The highest BCUT2D eigenvalue weighted by Crippen LogP contribution is 2.34. The quantitative estimate of drug-likeness (QED) is 0.448. The molecule has 0 unspecified atom stereocenters. The maximum atomic E-state index is 11.2. The van der Waals surface area contributed by atoms with Gasteiger partial charge in [0, 0.05) is 29.5 Å². The Morgan fingerprint density at radius 1 is 1.32 bits per heavy atom. The minimum Gasteiger partial charge on any atom is -0.481 e. The topological polar surface area (TPSA) is 72.0 Å². The molecule has 2 heterocycles. The zero-order valence-corrected chi connectivity index (χ0v) is 10.6. The number of ether oxygens (including phenoxy) is 1. The van der Waals surface area contributed by atoms with E-state index in [0.717, 1.165) is 10.9 Å². The van der Waals surface area contributed by atoms with Gasteiger partial charge >= 0.3 is 5.63 Å². The van der Waals surface area contributed by atoms with Gasteiger partial charge in [-0.25, -0.2) is 4.79 Å². The van der Waals surface area contributed by atoms with Crippen LogP contribution in [0.2, 0.25) is 0 Å². The molecule has 3 rings (SSSR count). The molecule has 1 N–H and O–H groups in total. The van der Waals surface area contributed by atoms with Crippen LogP contribution in [0.4, 0.5) is 0 Å². The molecule has 1 aromatic heterocycles. The third-order valence-corrected chi connectivity index (χ3v) is 3.34. The molecule has 0 amide bonds. The smallest absolute Gasteiger partial charge is 0.336 e. The lowest BCUT2D eigenvalue weighted by molar-refractivity contribution is 0.163. The zero-order valence-electron chi connectivity index (χ0n) is 10.6. The summed E-state index contributed by atoms with van der Waals surface area (Å²) in [4.78, 5) is 11.2. The van der Waals surface area contributed by atoms with Gasteiger partial charge in [-0.3, -0.25) is 0 Å². The van der Waals surface area contributed by atoms with Crippen molar-refractivity contribution in [3.8, 4) is 5.75 Å². The molecule has 98 valence electrons. The first-order valence-electron chi connectivity index (χ1n) is 5.97. The van der Waals surface area contributed by atoms with Crippen molar-refractivity contribution in [3.63, 3.8) is 0 Å². The number of hydrogen-bond acceptors (Lipinski definition) is 5. The van der Waals surface area contributed by atoms with E-state index in [4.69, 9.17) is 14.4 Å². The highest BCUT2D eigenvalue weighted by atomic mass is 16.5. The van der Waals surface area contributed by atoms with E-state index in [2.05, 4.69) is 5.16 Å². The van der Waals surface area contributed by atoms with Gasteiger partial charge in [0.25, 0.3) is 0 Å². The zero-order chi connectivity index (χ0) is 13.6. The van der Waals surface area contributed by atoms with Gasteiger partial charge in [0.1, 0.15) is 22.6 Å². The number of oxime groups is 1. The van der Waals surface area contributed by atoms with Crippen LogP contribution in [-0.2, 0) is 6.42 Å². The van der Waals surface area contributed by atoms with E-state index in [9.17, 15) is 4.79 Å². The maximum Gasteiger partial charge on any atom is 0.336 e. The standard InChI is InChI=1S/C14H13NO4/c1-14(2)12(15-17)6-9-5-8-3-4-13(16)18-10(8)7-11(9)19-14/h3-5,7,17H,6H2,1-2H3. The average Bonchev–Trinajstić information content (AvgIpc) is 2.34. The predicted octanol–water partition coefficient (Wildman–Crippen LogP) is 2.34. The van der Waals surface area contributed by atoms with Crippen LogP contribution in [0.15, 0.2) is 38.6 Å². The first-order chi connectivity index (χ1) is 8.99. The van der Waals surface area contributed by atoms with E-state index in [1.807, 2.05) is 19.9 Å².